The zero-order valence-corrected chi connectivity index (χ0v) is 15.3. The van der Waals surface area contributed by atoms with Crippen molar-refractivity contribution in [1.29, 1.82) is 0 Å². The molecular formula is C19H27N2O4+. The van der Waals surface area contributed by atoms with Crippen LogP contribution in [0.15, 0.2) is 24.3 Å². The molecule has 0 bridgehead atoms. The van der Waals surface area contributed by atoms with Crippen molar-refractivity contribution in [2.24, 2.45) is 5.92 Å². The molecule has 1 aromatic rings. The fraction of sp³-hybridized carbons (Fsp3) is 0.579. The van der Waals surface area contributed by atoms with Crippen molar-refractivity contribution < 1.29 is 23.9 Å². The fourth-order valence-electron chi connectivity index (χ4n) is 4.67. The van der Waals surface area contributed by atoms with E-state index in [1.807, 2.05) is 45.0 Å². The summed E-state index contributed by atoms with van der Waals surface area (Å²) in [7, 11) is 0. The Morgan fingerprint density at radius 1 is 1.32 bits per heavy atom. The van der Waals surface area contributed by atoms with Crippen LogP contribution in [0.3, 0.4) is 0 Å². The van der Waals surface area contributed by atoms with Crippen molar-refractivity contribution in [2.75, 3.05) is 18.5 Å². The van der Waals surface area contributed by atoms with Crippen LogP contribution in [0.2, 0.25) is 0 Å². The van der Waals surface area contributed by atoms with E-state index in [0.29, 0.717) is 19.6 Å². The summed E-state index contributed by atoms with van der Waals surface area (Å²) in [6.07, 6.45) is -0.168. The maximum absolute atomic E-state index is 12.5. The maximum atomic E-state index is 12.5. The lowest BCUT2D eigenvalue weighted by molar-refractivity contribution is -0.922. The van der Waals surface area contributed by atoms with Gasteiger partial charge in [-0.05, 0) is 33.8 Å². The van der Waals surface area contributed by atoms with Gasteiger partial charge in [0.25, 0.3) is 0 Å². The molecular weight excluding hydrogens is 320 g/mol. The highest BCUT2D eigenvalue weighted by Gasteiger charge is 2.64. The number of para-hydroxylation sites is 1. The lowest BCUT2D eigenvalue weighted by Gasteiger charge is -2.48. The highest BCUT2D eigenvalue weighted by atomic mass is 16.5. The number of hydrogen-bond acceptors (Lipinski definition) is 4. The molecule has 4 atom stereocenters. The number of hydrogen-bond donors (Lipinski definition) is 2. The van der Waals surface area contributed by atoms with E-state index in [1.165, 1.54) is 0 Å². The number of anilines is 1. The standard InChI is InChI=1S/C19H26N2O4/c1-5-25-17(22)15-13-10-11-21(18(23)24,19(2,3)4)16(13)12-8-6-7-9-14(12)20-15/h6-9,13,15-16,20H,5,10-11H2,1-4H3/p+1/t13-,15-,16+,21?/m1/s1. The van der Waals surface area contributed by atoms with Crippen molar-refractivity contribution in [3.05, 3.63) is 29.8 Å². The minimum Gasteiger partial charge on any atom is -0.464 e. The molecule has 6 heteroatoms. The minimum absolute atomic E-state index is 0.0632. The number of amides is 1. The van der Waals surface area contributed by atoms with Crippen molar-refractivity contribution in [1.82, 2.24) is 0 Å². The summed E-state index contributed by atoms with van der Waals surface area (Å²) in [6, 6.07) is 6.94. The molecule has 2 aliphatic heterocycles. The Kier molecular flexibility index (Phi) is 4.27. The van der Waals surface area contributed by atoms with Crippen LogP contribution in [0.5, 0.6) is 0 Å². The highest BCUT2D eigenvalue weighted by molar-refractivity contribution is 5.82. The summed E-state index contributed by atoms with van der Waals surface area (Å²) >= 11 is 0. The second-order valence-electron chi connectivity index (χ2n) is 7.90. The van der Waals surface area contributed by atoms with E-state index in [1.54, 1.807) is 6.92 Å². The van der Waals surface area contributed by atoms with Crippen LogP contribution in [0.1, 0.15) is 45.7 Å². The molecule has 136 valence electrons. The summed E-state index contributed by atoms with van der Waals surface area (Å²) in [4.78, 5) is 25.0. The second kappa shape index (κ2) is 6.02. The molecule has 6 nitrogen and oxygen atoms in total. The Balaban J connectivity index is 2.17. The number of ether oxygens (including phenoxy) is 1. The van der Waals surface area contributed by atoms with Crippen LogP contribution in [0.4, 0.5) is 10.5 Å². The zero-order valence-electron chi connectivity index (χ0n) is 15.3. The van der Waals surface area contributed by atoms with Gasteiger partial charge in [-0.15, -0.1) is 0 Å². The molecule has 1 fully saturated rings. The van der Waals surface area contributed by atoms with Crippen LogP contribution in [0, 0.1) is 5.92 Å². The van der Waals surface area contributed by atoms with E-state index < -0.39 is 17.7 Å². The number of nitrogens with one attached hydrogen (secondary N) is 1. The SMILES string of the molecule is CCOC(=O)[C@@H]1Nc2ccccc2[C@H]2[C@@H]1CC[N+]2(C(=O)O)C(C)(C)C. The highest BCUT2D eigenvalue weighted by Crippen LogP contribution is 2.54. The number of carbonyl (C=O) groups is 2. The van der Waals surface area contributed by atoms with Gasteiger partial charge in [0.15, 0.2) is 0 Å². The number of rotatable bonds is 2. The number of benzene rings is 1. The summed E-state index contributed by atoms with van der Waals surface area (Å²) in [5, 5.41) is 13.5. The van der Waals surface area contributed by atoms with E-state index in [9.17, 15) is 14.7 Å². The third-order valence-corrected chi connectivity index (χ3v) is 5.79. The van der Waals surface area contributed by atoms with Gasteiger partial charge in [0.2, 0.25) is 0 Å². The molecule has 1 amide bonds. The summed E-state index contributed by atoms with van der Waals surface area (Å²) < 4.78 is 5.20. The Hall–Kier alpha value is -2.08. The topological polar surface area (TPSA) is 75.6 Å². The molecule has 1 unspecified atom stereocenters. The first-order chi connectivity index (χ1) is 11.7. The van der Waals surface area contributed by atoms with Crippen molar-refractivity contribution in [3.8, 4) is 0 Å². The van der Waals surface area contributed by atoms with E-state index in [4.69, 9.17) is 4.74 Å². The molecule has 1 aromatic carbocycles. The summed E-state index contributed by atoms with van der Waals surface area (Å²) in [5.41, 5.74) is 1.31. The average Bonchev–Trinajstić information content (AvgIpc) is 2.96. The Bertz CT molecular complexity index is 697. The van der Waals surface area contributed by atoms with Gasteiger partial charge in [0.1, 0.15) is 17.6 Å². The molecule has 3 rings (SSSR count). The Morgan fingerprint density at radius 3 is 2.60 bits per heavy atom. The Morgan fingerprint density at radius 2 is 2.00 bits per heavy atom. The van der Waals surface area contributed by atoms with Crippen LogP contribution >= 0.6 is 0 Å². The van der Waals surface area contributed by atoms with Gasteiger partial charge in [-0.2, -0.15) is 4.79 Å². The quantitative estimate of drug-likeness (QED) is 0.633. The lowest BCUT2D eigenvalue weighted by Crippen LogP contribution is -2.64. The number of nitrogens with zero attached hydrogens (tertiary/aromatic N) is 1. The molecule has 0 radical (unpaired) electrons. The second-order valence-corrected chi connectivity index (χ2v) is 7.90. The molecule has 0 spiro atoms. The van der Waals surface area contributed by atoms with Gasteiger partial charge in [-0.25, -0.2) is 9.28 Å². The van der Waals surface area contributed by atoms with Gasteiger partial charge in [0, 0.05) is 17.7 Å². The first-order valence-corrected chi connectivity index (χ1v) is 8.87. The van der Waals surface area contributed by atoms with Gasteiger partial charge in [0.05, 0.1) is 19.1 Å². The third kappa shape index (κ3) is 2.51. The van der Waals surface area contributed by atoms with E-state index in [-0.39, 0.29) is 22.4 Å². The molecule has 2 aliphatic rings. The predicted molar refractivity (Wildman–Crippen MR) is 94.2 cm³/mol. The van der Waals surface area contributed by atoms with Crippen LogP contribution in [-0.2, 0) is 9.53 Å². The van der Waals surface area contributed by atoms with Gasteiger partial charge in [-0.1, -0.05) is 18.2 Å². The van der Waals surface area contributed by atoms with E-state index >= 15 is 0 Å². The lowest BCUT2D eigenvalue weighted by atomic mass is 9.81. The van der Waals surface area contributed by atoms with Gasteiger partial charge < -0.3 is 15.2 Å². The maximum Gasteiger partial charge on any atom is 0.514 e. The molecule has 25 heavy (non-hydrogen) atoms. The summed E-state index contributed by atoms with van der Waals surface area (Å²) in [6.45, 7) is 8.50. The Labute approximate surface area is 148 Å². The number of quaternary nitrogens is 1. The largest absolute Gasteiger partial charge is 0.514 e. The van der Waals surface area contributed by atoms with Crippen LogP contribution in [-0.4, -0.2) is 46.4 Å². The molecule has 2 heterocycles. The monoisotopic (exact) mass is 347 g/mol. The van der Waals surface area contributed by atoms with Gasteiger partial charge >= 0.3 is 12.1 Å². The number of carbonyl (C=O) groups excluding carboxylic acids is 1. The first kappa shape index (κ1) is 17.7. The number of esters is 1. The van der Waals surface area contributed by atoms with Crippen molar-refractivity contribution >= 4 is 17.7 Å². The van der Waals surface area contributed by atoms with E-state index in [2.05, 4.69) is 5.32 Å². The van der Waals surface area contributed by atoms with E-state index in [0.717, 1.165) is 11.3 Å². The first-order valence-electron chi connectivity index (χ1n) is 8.87. The third-order valence-electron chi connectivity index (χ3n) is 5.79. The van der Waals surface area contributed by atoms with Gasteiger partial charge in [-0.3, -0.25) is 0 Å². The van der Waals surface area contributed by atoms with Crippen molar-refractivity contribution in [3.63, 3.8) is 0 Å². The average molecular weight is 347 g/mol. The molecule has 1 saturated heterocycles. The number of likely N-dealkylation sites (tertiary alicyclic amines) is 1. The molecule has 2 N–H and O–H groups in total. The molecule has 0 saturated carbocycles. The van der Waals surface area contributed by atoms with Crippen molar-refractivity contribution in [2.45, 2.75) is 51.7 Å². The van der Waals surface area contributed by atoms with Crippen LogP contribution < -0.4 is 5.32 Å². The normalized spacial score (nSPS) is 30.8. The molecule has 0 aliphatic carbocycles. The zero-order chi connectivity index (χ0) is 18.4. The number of fused-ring (bicyclic) bond motifs is 3. The smallest absolute Gasteiger partial charge is 0.464 e. The van der Waals surface area contributed by atoms with Crippen LogP contribution in [0.25, 0.3) is 0 Å². The molecule has 0 aromatic heterocycles. The number of carboxylic acid groups (broad SMARTS) is 1. The predicted octanol–water partition coefficient (Wildman–Crippen LogP) is 3.40. The fourth-order valence-corrected chi connectivity index (χ4v) is 4.67. The minimum atomic E-state index is -0.834. The summed E-state index contributed by atoms with van der Waals surface area (Å²) in [5.74, 6) is -0.407.